The number of aromatic nitrogens is 1. The Balaban J connectivity index is 2.17. The van der Waals surface area contributed by atoms with Gasteiger partial charge in [0.2, 0.25) is 0 Å². The van der Waals surface area contributed by atoms with Gasteiger partial charge in [0.25, 0.3) is 0 Å². The number of rotatable bonds is 2. The first-order chi connectivity index (χ1) is 10.1. The van der Waals surface area contributed by atoms with Gasteiger partial charge in [0.15, 0.2) is 11.6 Å². The van der Waals surface area contributed by atoms with Crippen molar-refractivity contribution in [3.8, 4) is 0 Å². The van der Waals surface area contributed by atoms with Gasteiger partial charge in [0, 0.05) is 21.4 Å². The summed E-state index contributed by atoms with van der Waals surface area (Å²) in [5.41, 5.74) is -0.0525. The quantitative estimate of drug-likeness (QED) is 0.613. The molecule has 0 saturated heterocycles. The molecule has 2 aromatic carbocycles. The Morgan fingerprint density at radius 1 is 1.00 bits per heavy atom. The Hall–Kier alpha value is -1.83. The van der Waals surface area contributed by atoms with Crippen molar-refractivity contribution >= 4 is 44.7 Å². The molecule has 0 saturated carbocycles. The average molecular weight is 400 g/mol. The van der Waals surface area contributed by atoms with Gasteiger partial charge in [-0.1, -0.05) is 0 Å². The van der Waals surface area contributed by atoms with Crippen LogP contribution in [0.25, 0.3) is 10.8 Å². The zero-order valence-electron chi connectivity index (χ0n) is 10.5. The zero-order chi connectivity index (χ0) is 15.0. The number of pyridine rings is 1. The molecule has 0 atom stereocenters. The Labute approximate surface area is 132 Å². The van der Waals surface area contributed by atoms with Crippen molar-refractivity contribution in [3.05, 3.63) is 63.7 Å². The van der Waals surface area contributed by atoms with E-state index in [1.54, 1.807) is 12.1 Å². The lowest BCUT2D eigenvalue weighted by atomic mass is 10.1. The van der Waals surface area contributed by atoms with Gasteiger partial charge in [0.1, 0.15) is 5.82 Å². The molecule has 0 aliphatic carbocycles. The summed E-state index contributed by atoms with van der Waals surface area (Å²) in [5.74, 6) is -2.60. The smallest absolute Gasteiger partial charge is 0.182 e. The Morgan fingerprint density at radius 2 is 1.81 bits per heavy atom. The molecular formula is C15H8F3IN2. The van der Waals surface area contributed by atoms with Gasteiger partial charge in [-0.15, -0.1) is 0 Å². The van der Waals surface area contributed by atoms with Crippen LogP contribution in [0, 0.1) is 21.0 Å². The highest BCUT2D eigenvalue weighted by atomic mass is 127. The van der Waals surface area contributed by atoms with Crippen molar-refractivity contribution in [2.45, 2.75) is 0 Å². The maximum absolute atomic E-state index is 14.0. The maximum atomic E-state index is 14.0. The zero-order valence-corrected chi connectivity index (χ0v) is 12.7. The summed E-state index contributed by atoms with van der Waals surface area (Å²) >= 11 is 1.97. The lowest BCUT2D eigenvalue weighted by Crippen LogP contribution is -2.00. The van der Waals surface area contributed by atoms with E-state index in [9.17, 15) is 13.2 Å². The molecule has 0 amide bonds. The molecule has 6 heteroatoms. The molecule has 21 heavy (non-hydrogen) atoms. The van der Waals surface area contributed by atoms with Crippen molar-refractivity contribution in [2.24, 2.45) is 0 Å². The van der Waals surface area contributed by atoms with E-state index >= 15 is 0 Å². The van der Waals surface area contributed by atoms with Gasteiger partial charge in [0.05, 0.1) is 11.4 Å². The van der Waals surface area contributed by atoms with Crippen molar-refractivity contribution in [2.75, 3.05) is 5.32 Å². The van der Waals surface area contributed by atoms with E-state index in [4.69, 9.17) is 0 Å². The number of benzene rings is 2. The molecule has 106 valence electrons. The normalized spacial score (nSPS) is 10.9. The number of fused-ring (bicyclic) bond motifs is 1. The first-order valence-corrected chi connectivity index (χ1v) is 7.08. The molecule has 1 N–H and O–H groups in total. The summed E-state index contributed by atoms with van der Waals surface area (Å²) < 4.78 is 42.3. The van der Waals surface area contributed by atoms with Crippen LogP contribution < -0.4 is 5.32 Å². The minimum atomic E-state index is -1.06. The fourth-order valence-electron chi connectivity index (χ4n) is 2.03. The fourth-order valence-corrected chi connectivity index (χ4v) is 2.48. The molecule has 3 rings (SSSR count). The number of hydrogen-bond donors (Lipinski definition) is 1. The highest BCUT2D eigenvalue weighted by molar-refractivity contribution is 14.1. The van der Waals surface area contributed by atoms with Gasteiger partial charge >= 0.3 is 0 Å². The van der Waals surface area contributed by atoms with Gasteiger partial charge in [-0.05, 0) is 58.3 Å². The Kier molecular flexibility index (Phi) is 3.71. The summed E-state index contributed by atoms with van der Waals surface area (Å²) in [6.45, 7) is 0. The van der Waals surface area contributed by atoms with Crippen LogP contribution in [-0.2, 0) is 0 Å². The third-order valence-electron chi connectivity index (χ3n) is 3.03. The van der Waals surface area contributed by atoms with Gasteiger partial charge in [-0.2, -0.15) is 0 Å². The summed E-state index contributed by atoms with van der Waals surface area (Å²) in [7, 11) is 0. The van der Waals surface area contributed by atoms with E-state index in [1.165, 1.54) is 24.5 Å². The number of nitrogens with zero attached hydrogens (tertiary/aromatic N) is 1. The van der Waals surface area contributed by atoms with Crippen LogP contribution in [0.5, 0.6) is 0 Å². The van der Waals surface area contributed by atoms with Crippen molar-refractivity contribution in [1.82, 2.24) is 4.98 Å². The van der Waals surface area contributed by atoms with Crippen LogP contribution in [0.4, 0.5) is 24.5 Å². The first-order valence-electron chi connectivity index (χ1n) is 6.00. The van der Waals surface area contributed by atoms with Crippen molar-refractivity contribution < 1.29 is 13.2 Å². The van der Waals surface area contributed by atoms with Crippen molar-refractivity contribution in [3.63, 3.8) is 0 Å². The molecule has 0 aliphatic heterocycles. The summed E-state index contributed by atoms with van der Waals surface area (Å²) in [4.78, 5) is 3.90. The molecule has 3 aromatic rings. The Bertz CT molecular complexity index is 837. The standard InChI is InChI=1S/C15H8F3IN2/c16-11-6-9(19)1-2-13(11)21-15-10-7-20-4-3-8(10)5-12(17)14(15)18/h1-7,21H. The van der Waals surface area contributed by atoms with Crippen LogP contribution in [0.1, 0.15) is 0 Å². The lowest BCUT2D eigenvalue weighted by Gasteiger charge is -2.12. The molecule has 0 spiro atoms. The second-order valence-corrected chi connectivity index (χ2v) is 5.64. The third kappa shape index (κ3) is 2.67. The van der Waals surface area contributed by atoms with Crippen LogP contribution in [-0.4, -0.2) is 4.98 Å². The largest absolute Gasteiger partial charge is 0.350 e. The molecule has 0 unspecified atom stereocenters. The fraction of sp³-hybridized carbons (Fsp3) is 0. The highest BCUT2D eigenvalue weighted by Crippen LogP contribution is 2.31. The number of anilines is 2. The van der Waals surface area contributed by atoms with Gasteiger partial charge in [-0.25, -0.2) is 13.2 Å². The molecule has 1 aromatic heterocycles. The number of nitrogens with one attached hydrogen (secondary N) is 1. The average Bonchev–Trinajstić information content (AvgIpc) is 2.46. The van der Waals surface area contributed by atoms with E-state index in [2.05, 4.69) is 10.3 Å². The van der Waals surface area contributed by atoms with Crippen LogP contribution in [0.3, 0.4) is 0 Å². The van der Waals surface area contributed by atoms with E-state index in [0.29, 0.717) is 14.3 Å². The van der Waals surface area contributed by atoms with E-state index in [-0.39, 0.29) is 11.4 Å². The van der Waals surface area contributed by atoms with Crippen molar-refractivity contribution in [1.29, 1.82) is 0 Å². The van der Waals surface area contributed by atoms with Crippen LogP contribution in [0.15, 0.2) is 42.7 Å². The predicted molar refractivity (Wildman–Crippen MR) is 84.1 cm³/mol. The van der Waals surface area contributed by atoms with Crippen LogP contribution >= 0.6 is 22.6 Å². The molecule has 0 radical (unpaired) electrons. The molecule has 0 fully saturated rings. The summed E-state index contributed by atoms with van der Waals surface area (Å²) in [6.07, 6.45) is 2.89. The Morgan fingerprint density at radius 3 is 2.57 bits per heavy atom. The second kappa shape index (κ2) is 5.51. The highest BCUT2D eigenvalue weighted by Gasteiger charge is 2.15. The SMILES string of the molecule is Fc1cc(I)ccc1Nc1c(F)c(F)cc2ccncc12. The summed E-state index contributed by atoms with van der Waals surface area (Å²) in [5, 5.41) is 3.49. The molecule has 1 heterocycles. The molecule has 0 aliphatic rings. The third-order valence-corrected chi connectivity index (χ3v) is 3.70. The maximum Gasteiger partial charge on any atom is 0.182 e. The van der Waals surface area contributed by atoms with Gasteiger partial charge in [-0.3, -0.25) is 4.98 Å². The minimum Gasteiger partial charge on any atom is -0.350 e. The number of halogens is 4. The minimum absolute atomic E-state index is 0.0741. The predicted octanol–water partition coefficient (Wildman–Crippen LogP) is 5.00. The lowest BCUT2D eigenvalue weighted by molar-refractivity contribution is 0.513. The second-order valence-electron chi connectivity index (χ2n) is 4.39. The monoisotopic (exact) mass is 400 g/mol. The van der Waals surface area contributed by atoms with Crippen LogP contribution in [0.2, 0.25) is 0 Å². The molecule has 2 nitrogen and oxygen atoms in total. The first kappa shape index (κ1) is 14.1. The topological polar surface area (TPSA) is 24.9 Å². The molecule has 0 bridgehead atoms. The van der Waals surface area contributed by atoms with E-state index in [0.717, 1.165) is 6.07 Å². The van der Waals surface area contributed by atoms with E-state index in [1.807, 2.05) is 22.6 Å². The number of hydrogen-bond acceptors (Lipinski definition) is 2. The van der Waals surface area contributed by atoms with E-state index < -0.39 is 17.5 Å². The molecular weight excluding hydrogens is 392 g/mol. The van der Waals surface area contributed by atoms with Gasteiger partial charge < -0.3 is 5.32 Å². The summed E-state index contributed by atoms with van der Waals surface area (Å²) in [6, 6.07) is 7.10.